The third-order valence-corrected chi connectivity index (χ3v) is 5.57. The largest absolute Gasteiger partial charge is 0.371 e. The van der Waals surface area contributed by atoms with Crippen LogP contribution in [0.25, 0.3) is 0 Å². The quantitative estimate of drug-likeness (QED) is 0.930. The predicted molar refractivity (Wildman–Crippen MR) is 89.8 cm³/mol. The van der Waals surface area contributed by atoms with Crippen LogP contribution >= 0.6 is 0 Å². The molecule has 2 aromatic rings. The maximum Gasteiger partial charge on any atom is 0.262 e. The fourth-order valence-electron chi connectivity index (χ4n) is 2.82. The minimum atomic E-state index is -3.82. The molecule has 0 radical (unpaired) electrons. The van der Waals surface area contributed by atoms with Crippen LogP contribution in [-0.4, -0.2) is 21.5 Å². The number of hydrogen-bond acceptors (Lipinski definition) is 3. The van der Waals surface area contributed by atoms with E-state index in [4.69, 9.17) is 0 Å². The third-order valence-electron chi connectivity index (χ3n) is 4.05. The van der Waals surface area contributed by atoms with E-state index in [0.717, 1.165) is 31.6 Å². The number of aryl methyl sites for hydroxylation is 1. The van der Waals surface area contributed by atoms with Gasteiger partial charge in [-0.1, -0.05) is 18.2 Å². The van der Waals surface area contributed by atoms with Gasteiger partial charge in [-0.3, -0.25) is 4.72 Å². The number of hydrogen-bond donors (Lipinski definition) is 1. The van der Waals surface area contributed by atoms with E-state index in [1.54, 1.807) is 37.3 Å². The molecular formula is C17H19FN2O2S. The summed E-state index contributed by atoms with van der Waals surface area (Å²) in [6, 6.07) is 11.2. The molecule has 23 heavy (non-hydrogen) atoms. The Kier molecular flexibility index (Phi) is 4.26. The minimum absolute atomic E-state index is 0.0161. The van der Waals surface area contributed by atoms with Gasteiger partial charge in [0.05, 0.1) is 10.6 Å². The van der Waals surface area contributed by atoms with Gasteiger partial charge in [0, 0.05) is 18.8 Å². The Morgan fingerprint density at radius 2 is 1.78 bits per heavy atom. The molecule has 0 unspecified atom stereocenters. The summed E-state index contributed by atoms with van der Waals surface area (Å²) in [5.74, 6) is -0.579. The van der Waals surface area contributed by atoms with Crippen molar-refractivity contribution >= 4 is 21.4 Å². The van der Waals surface area contributed by atoms with Crippen LogP contribution in [0, 0.1) is 12.7 Å². The van der Waals surface area contributed by atoms with E-state index in [0.29, 0.717) is 5.56 Å². The van der Waals surface area contributed by atoms with Gasteiger partial charge in [0.1, 0.15) is 5.82 Å². The van der Waals surface area contributed by atoms with Gasteiger partial charge in [-0.05, 0) is 49.6 Å². The molecule has 0 aliphatic carbocycles. The van der Waals surface area contributed by atoms with Crippen LogP contribution in [0.4, 0.5) is 15.8 Å². The van der Waals surface area contributed by atoms with E-state index in [2.05, 4.69) is 9.62 Å². The highest BCUT2D eigenvalue weighted by Crippen LogP contribution is 2.27. The van der Waals surface area contributed by atoms with E-state index in [1.807, 2.05) is 0 Å². The molecule has 1 aliphatic rings. The van der Waals surface area contributed by atoms with E-state index >= 15 is 0 Å². The number of benzene rings is 2. The summed E-state index contributed by atoms with van der Waals surface area (Å²) >= 11 is 0. The second-order valence-electron chi connectivity index (χ2n) is 5.73. The van der Waals surface area contributed by atoms with Gasteiger partial charge < -0.3 is 4.90 Å². The Hall–Kier alpha value is -2.08. The molecule has 1 heterocycles. The van der Waals surface area contributed by atoms with Crippen molar-refractivity contribution in [3.05, 3.63) is 53.8 Å². The normalized spacial score (nSPS) is 15.0. The van der Waals surface area contributed by atoms with Crippen LogP contribution in [0.1, 0.15) is 18.4 Å². The summed E-state index contributed by atoms with van der Waals surface area (Å²) in [6.07, 6.45) is 2.20. The molecule has 3 rings (SSSR count). The standard InChI is InChI=1S/C17H19FN2O2S/c1-13-6-2-3-7-17(13)23(21,22)19-16-12-14(8-9-15(16)18)20-10-4-5-11-20/h2-3,6-9,12,19H,4-5,10-11H2,1H3. The van der Waals surface area contributed by atoms with E-state index in [-0.39, 0.29) is 10.6 Å². The Morgan fingerprint density at radius 1 is 1.09 bits per heavy atom. The summed E-state index contributed by atoms with van der Waals surface area (Å²) in [5.41, 5.74) is 1.44. The number of halogens is 1. The molecule has 122 valence electrons. The second kappa shape index (κ2) is 6.20. The molecule has 6 heteroatoms. The van der Waals surface area contributed by atoms with Gasteiger partial charge in [-0.25, -0.2) is 12.8 Å². The molecule has 0 atom stereocenters. The first kappa shape index (κ1) is 15.8. The first-order chi connectivity index (χ1) is 11.0. The molecule has 1 saturated heterocycles. The zero-order chi connectivity index (χ0) is 16.4. The molecule has 0 aromatic heterocycles. The lowest BCUT2D eigenvalue weighted by molar-refractivity contribution is 0.598. The maximum atomic E-state index is 14.1. The fraction of sp³-hybridized carbons (Fsp3) is 0.294. The lowest BCUT2D eigenvalue weighted by Crippen LogP contribution is -2.19. The van der Waals surface area contributed by atoms with Gasteiger partial charge in [-0.2, -0.15) is 0 Å². The van der Waals surface area contributed by atoms with Crippen LogP contribution in [0.15, 0.2) is 47.4 Å². The van der Waals surface area contributed by atoms with Crippen LogP contribution in [-0.2, 0) is 10.0 Å². The van der Waals surface area contributed by atoms with Crippen molar-refractivity contribution in [1.82, 2.24) is 0 Å². The van der Waals surface area contributed by atoms with E-state index in [9.17, 15) is 12.8 Å². The van der Waals surface area contributed by atoms with Crippen molar-refractivity contribution < 1.29 is 12.8 Å². The molecule has 0 bridgehead atoms. The van der Waals surface area contributed by atoms with Crippen molar-refractivity contribution in [3.8, 4) is 0 Å². The first-order valence-electron chi connectivity index (χ1n) is 7.60. The van der Waals surface area contributed by atoms with Gasteiger partial charge in [0.15, 0.2) is 0 Å². The van der Waals surface area contributed by atoms with Crippen LogP contribution in [0.5, 0.6) is 0 Å². The summed E-state index contributed by atoms with van der Waals surface area (Å²) in [5, 5.41) is 0. The number of sulfonamides is 1. The van der Waals surface area contributed by atoms with Gasteiger partial charge in [-0.15, -0.1) is 0 Å². The van der Waals surface area contributed by atoms with E-state index in [1.165, 1.54) is 12.1 Å². The van der Waals surface area contributed by atoms with E-state index < -0.39 is 15.8 Å². The number of nitrogens with zero attached hydrogens (tertiary/aromatic N) is 1. The summed E-state index contributed by atoms with van der Waals surface area (Å²) in [6.45, 7) is 3.54. The Morgan fingerprint density at radius 3 is 2.48 bits per heavy atom. The smallest absolute Gasteiger partial charge is 0.262 e. The Balaban J connectivity index is 1.93. The lowest BCUT2D eigenvalue weighted by atomic mass is 10.2. The zero-order valence-electron chi connectivity index (χ0n) is 12.9. The van der Waals surface area contributed by atoms with Gasteiger partial charge >= 0.3 is 0 Å². The average Bonchev–Trinajstić information content (AvgIpc) is 3.04. The fourth-order valence-corrected chi connectivity index (χ4v) is 4.13. The number of rotatable bonds is 4. The highest BCUT2D eigenvalue weighted by atomic mass is 32.2. The molecule has 0 amide bonds. The monoisotopic (exact) mass is 334 g/mol. The van der Waals surface area contributed by atoms with Gasteiger partial charge in [0.25, 0.3) is 10.0 Å². The summed E-state index contributed by atoms with van der Waals surface area (Å²) < 4.78 is 41.5. The molecule has 0 spiro atoms. The number of nitrogens with one attached hydrogen (secondary N) is 1. The maximum absolute atomic E-state index is 14.1. The van der Waals surface area contributed by atoms with Crippen molar-refractivity contribution in [2.24, 2.45) is 0 Å². The SMILES string of the molecule is Cc1ccccc1S(=O)(=O)Nc1cc(N2CCCC2)ccc1F. The van der Waals surface area contributed by atoms with Crippen molar-refractivity contribution in [1.29, 1.82) is 0 Å². The third kappa shape index (κ3) is 3.32. The summed E-state index contributed by atoms with van der Waals surface area (Å²) in [4.78, 5) is 2.29. The van der Waals surface area contributed by atoms with Crippen molar-refractivity contribution in [2.75, 3.05) is 22.7 Å². The topological polar surface area (TPSA) is 49.4 Å². The first-order valence-corrected chi connectivity index (χ1v) is 9.09. The number of anilines is 2. The highest BCUT2D eigenvalue weighted by molar-refractivity contribution is 7.92. The lowest BCUT2D eigenvalue weighted by Gasteiger charge is -2.19. The van der Waals surface area contributed by atoms with Crippen LogP contribution in [0.3, 0.4) is 0 Å². The molecule has 1 aliphatic heterocycles. The summed E-state index contributed by atoms with van der Waals surface area (Å²) in [7, 11) is -3.82. The van der Waals surface area contributed by atoms with Crippen molar-refractivity contribution in [2.45, 2.75) is 24.7 Å². The molecule has 4 nitrogen and oxygen atoms in total. The molecule has 1 fully saturated rings. The Bertz CT molecular complexity index is 815. The average molecular weight is 334 g/mol. The molecule has 2 aromatic carbocycles. The van der Waals surface area contributed by atoms with Crippen molar-refractivity contribution in [3.63, 3.8) is 0 Å². The van der Waals surface area contributed by atoms with Crippen LogP contribution in [0.2, 0.25) is 0 Å². The minimum Gasteiger partial charge on any atom is -0.371 e. The molecule has 0 saturated carbocycles. The zero-order valence-corrected chi connectivity index (χ0v) is 13.7. The molecule has 1 N–H and O–H groups in total. The van der Waals surface area contributed by atoms with Crippen LogP contribution < -0.4 is 9.62 Å². The van der Waals surface area contributed by atoms with Gasteiger partial charge in [0.2, 0.25) is 0 Å². The molecular weight excluding hydrogens is 315 g/mol. The Labute approximate surface area is 136 Å². The predicted octanol–water partition coefficient (Wildman–Crippen LogP) is 3.54. The highest BCUT2D eigenvalue weighted by Gasteiger charge is 2.20. The second-order valence-corrected chi connectivity index (χ2v) is 7.38.